The number of primary sulfonamides is 1. The Balaban J connectivity index is 2.04. The molecule has 192 valence electrons. The Morgan fingerprint density at radius 1 is 1.08 bits per heavy atom. The number of hydrogen-bond donors (Lipinski definition) is 1. The van der Waals surface area contributed by atoms with Gasteiger partial charge in [0.15, 0.2) is 16.3 Å². The number of nitrogens with zero attached hydrogens (tertiary/aromatic N) is 2. The minimum absolute atomic E-state index is 0.0975. The van der Waals surface area contributed by atoms with Gasteiger partial charge in [-0.1, -0.05) is 11.3 Å². The number of hydrogen-bond acceptors (Lipinski definition) is 9. The Kier molecular flexibility index (Phi) is 8.50. The number of esters is 1. The molecule has 2 N–H and O–H groups in total. The highest BCUT2D eigenvalue weighted by Crippen LogP contribution is 2.38. The molecule has 0 atom stereocenters. The van der Waals surface area contributed by atoms with Crippen LogP contribution in [0.25, 0.3) is 16.3 Å². The fraction of sp³-hybridized carbons (Fsp3) is 0.261. The number of carbonyl (C=O) groups excluding carboxylic acids is 2. The molecule has 1 amide bonds. The largest absolute Gasteiger partial charge is 0.493 e. The van der Waals surface area contributed by atoms with Gasteiger partial charge in [-0.25, -0.2) is 13.6 Å². The Hall–Kier alpha value is -3.68. The van der Waals surface area contributed by atoms with E-state index < -0.39 is 21.9 Å². The van der Waals surface area contributed by atoms with Crippen LogP contribution in [0.4, 0.5) is 0 Å². The number of nitrogens with two attached hydrogens (primary N) is 1. The van der Waals surface area contributed by atoms with Crippen molar-refractivity contribution in [2.45, 2.75) is 18.4 Å². The second kappa shape index (κ2) is 11.4. The van der Waals surface area contributed by atoms with Crippen molar-refractivity contribution in [1.29, 1.82) is 0 Å². The number of aromatic nitrogens is 1. The van der Waals surface area contributed by atoms with Crippen molar-refractivity contribution >= 4 is 49.5 Å². The lowest BCUT2D eigenvalue weighted by Gasteiger charge is -2.12. The van der Waals surface area contributed by atoms with Crippen LogP contribution in [0.15, 0.2) is 46.3 Å². The molecule has 0 bridgehead atoms. The molecular weight excluding hydrogens is 510 g/mol. The maximum Gasteiger partial charge on any atom is 0.326 e. The first kappa shape index (κ1) is 26.9. The van der Waals surface area contributed by atoms with E-state index in [9.17, 15) is 18.0 Å². The van der Waals surface area contributed by atoms with Gasteiger partial charge in [-0.3, -0.25) is 9.59 Å². The van der Waals surface area contributed by atoms with E-state index in [1.54, 1.807) is 19.1 Å². The van der Waals surface area contributed by atoms with E-state index in [-0.39, 0.29) is 22.8 Å². The lowest BCUT2D eigenvalue weighted by Crippen LogP contribution is -2.22. The molecule has 0 saturated carbocycles. The molecule has 3 aromatic rings. The molecule has 0 aliphatic heterocycles. The van der Waals surface area contributed by atoms with Gasteiger partial charge in [-0.05, 0) is 48.9 Å². The minimum Gasteiger partial charge on any atom is -0.493 e. The summed E-state index contributed by atoms with van der Waals surface area (Å²) < 4.78 is 46.4. The first-order valence-corrected chi connectivity index (χ1v) is 12.9. The predicted molar refractivity (Wildman–Crippen MR) is 134 cm³/mol. The lowest BCUT2D eigenvalue weighted by atomic mass is 10.1. The molecule has 2 aromatic carbocycles. The van der Waals surface area contributed by atoms with Crippen molar-refractivity contribution in [2.75, 3.05) is 27.9 Å². The van der Waals surface area contributed by atoms with Gasteiger partial charge in [0.25, 0.3) is 5.91 Å². The van der Waals surface area contributed by atoms with Gasteiger partial charge in [0.1, 0.15) is 6.54 Å². The number of methoxy groups -OCH3 is 3. The topological polar surface area (TPSA) is 149 Å². The Morgan fingerprint density at radius 2 is 1.75 bits per heavy atom. The van der Waals surface area contributed by atoms with E-state index in [0.717, 1.165) is 11.3 Å². The zero-order valence-electron chi connectivity index (χ0n) is 20.0. The molecule has 0 spiro atoms. The summed E-state index contributed by atoms with van der Waals surface area (Å²) in [6.45, 7) is 1.64. The third-order valence-electron chi connectivity index (χ3n) is 4.89. The average molecular weight is 536 g/mol. The Morgan fingerprint density at radius 3 is 2.31 bits per heavy atom. The summed E-state index contributed by atoms with van der Waals surface area (Å²) >= 11 is 1.04. The molecular formula is C23H25N3O8S2. The molecule has 1 heterocycles. The zero-order chi connectivity index (χ0) is 26.5. The van der Waals surface area contributed by atoms with E-state index in [1.165, 1.54) is 56.2 Å². The number of benzene rings is 2. The third kappa shape index (κ3) is 6.11. The third-order valence-corrected chi connectivity index (χ3v) is 6.84. The van der Waals surface area contributed by atoms with Crippen LogP contribution >= 0.6 is 11.3 Å². The maximum atomic E-state index is 12.7. The maximum absolute atomic E-state index is 12.7. The number of rotatable bonds is 9. The number of carbonyl (C=O) groups is 2. The Labute approximate surface area is 211 Å². The molecule has 0 radical (unpaired) electrons. The lowest BCUT2D eigenvalue weighted by molar-refractivity contribution is -0.143. The van der Waals surface area contributed by atoms with Crippen molar-refractivity contribution in [2.24, 2.45) is 10.1 Å². The molecule has 0 fully saturated rings. The van der Waals surface area contributed by atoms with Crippen molar-refractivity contribution in [3.05, 3.63) is 46.8 Å². The molecule has 3 rings (SSSR count). The summed E-state index contributed by atoms with van der Waals surface area (Å²) in [5, 5.41) is 5.23. The van der Waals surface area contributed by atoms with Gasteiger partial charge in [-0.15, -0.1) is 0 Å². The van der Waals surface area contributed by atoms with Crippen molar-refractivity contribution in [3.63, 3.8) is 0 Å². The summed E-state index contributed by atoms with van der Waals surface area (Å²) in [5.41, 5.74) is 1.10. The highest BCUT2D eigenvalue weighted by atomic mass is 32.2. The number of sulfonamides is 1. The second-order valence-corrected chi connectivity index (χ2v) is 9.76. The van der Waals surface area contributed by atoms with Crippen LogP contribution in [0, 0.1) is 0 Å². The molecule has 0 saturated heterocycles. The predicted octanol–water partition coefficient (Wildman–Crippen LogP) is 2.08. The van der Waals surface area contributed by atoms with Gasteiger partial charge in [0.05, 0.1) is 43.0 Å². The molecule has 36 heavy (non-hydrogen) atoms. The fourth-order valence-electron chi connectivity index (χ4n) is 3.30. The zero-order valence-corrected chi connectivity index (χ0v) is 21.6. The summed E-state index contributed by atoms with van der Waals surface area (Å²) in [7, 11) is 0.511. The van der Waals surface area contributed by atoms with Gasteiger partial charge in [-0.2, -0.15) is 4.99 Å². The smallest absolute Gasteiger partial charge is 0.326 e. The quantitative estimate of drug-likeness (QED) is 0.323. The van der Waals surface area contributed by atoms with Crippen LogP contribution in [0.2, 0.25) is 0 Å². The highest BCUT2D eigenvalue weighted by Gasteiger charge is 2.16. The van der Waals surface area contributed by atoms with Gasteiger partial charge in [0.2, 0.25) is 15.8 Å². The molecule has 0 aliphatic rings. The molecule has 11 nitrogen and oxygen atoms in total. The normalized spacial score (nSPS) is 12.2. The molecule has 13 heteroatoms. The number of ether oxygens (including phenoxy) is 4. The standard InChI is InChI=1S/C23H25N3O8S2/c1-5-34-21(28)13-26-16-8-7-15(36(24,29)30)12-19(16)35-23(26)25-20(27)9-6-14-10-17(31-2)22(33-4)18(11-14)32-3/h6-12H,5,13H2,1-4H3,(H2,24,29,30)/b9-6-,25-23?. The monoisotopic (exact) mass is 535 g/mol. The van der Waals surface area contributed by atoms with E-state index in [4.69, 9.17) is 24.1 Å². The van der Waals surface area contributed by atoms with Crippen LogP contribution in [-0.4, -0.2) is 52.8 Å². The average Bonchev–Trinajstić information content (AvgIpc) is 3.17. The summed E-state index contributed by atoms with van der Waals surface area (Å²) in [6, 6.07) is 7.52. The number of thiazole rings is 1. The van der Waals surface area contributed by atoms with Crippen LogP contribution in [-0.2, 0) is 30.9 Å². The van der Waals surface area contributed by atoms with Crippen LogP contribution in [0.5, 0.6) is 17.2 Å². The molecule has 0 aliphatic carbocycles. The SMILES string of the molecule is CCOC(=O)Cn1c(=NC(=O)/C=C\c2cc(OC)c(OC)c(OC)c2)sc2cc(S(N)(=O)=O)ccc21. The number of amides is 1. The van der Waals surface area contributed by atoms with E-state index >= 15 is 0 Å². The first-order chi connectivity index (χ1) is 17.1. The van der Waals surface area contributed by atoms with Gasteiger partial charge >= 0.3 is 5.97 Å². The van der Waals surface area contributed by atoms with Crippen molar-refractivity contribution in [1.82, 2.24) is 4.57 Å². The Bertz CT molecular complexity index is 1480. The highest BCUT2D eigenvalue weighted by molar-refractivity contribution is 7.89. The minimum atomic E-state index is -3.94. The summed E-state index contributed by atoms with van der Waals surface area (Å²) in [6.07, 6.45) is 2.77. The summed E-state index contributed by atoms with van der Waals surface area (Å²) in [5.74, 6) is 0.109. The van der Waals surface area contributed by atoms with Crippen molar-refractivity contribution < 1.29 is 37.0 Å². The van der Waals surface area contributed by atoms with Crippen LogP contribution in [0.1, 0.15) is 12.5 Å². The fourth-order valence-corrected chi connectivity index (χ4v) is 4.99. The molecule has 1 aromatic heterocycles. The molecule has 0 unspecified atom stereocenters. The second-order valence-electron chi connectivity index (χ2n) is 7.19. The van der Waals surface area contributed by atoms with E-state index in [2.05, 4.69) is 4.99 Å². The van der Waals surface area contributed by atoms with Gasteiger partial charge < -0.3 is 23.5 Å². The van der Waals surface area contributed by atoms with Gasteiger partial charge in [0, 0.05) is 6.08 Å². The van der Waals surface area contributed by atoms with E-state index in [1.807, 2.05) is 0 Å². The first-order valence-electron chi connectivity index (χ1n) is 10.5. The van der Waals surface area contributed by atoms with E-state index in [0.29, 0.717) is 33.0 Å². The van der Waals surface area contributed by atoms with Crippen LogP contribution < -0.4 is 24.2 Å². The van der Waals surface area contributed by atoms with Crippen LogP contribution in [0.3, 0.4) is 0 Å². The number of fused-ring (bicyclic) bond motifs is 1. The van der Waals surface area contributed by atoms with Crippen molar-refractivity contribution in [3.8, 4) is 17.2 Å². The summed E-state index contributed by atoms with van der Waals surface area (Å²) in [4.78, 5) is 29.1.